The van der Waals surface area contributed by atoms with Crippen LogP contribution in [0.25, 0.3) is 0 Å². The van der Waals surface area contributed by atoms with E-state index in [1.165, 1.54) is 12.1 Å². The van der Waals surface area contributed by atoms with Gasteiger partial charge in [-0.3, -0.25) is 0 Å². The van der Waals surface area contributed by atoms with Crippen molar-refractivity contribution >= 4 is 44.6 Å². The highest BCUT2D eigenvalue weighted by molar-refractivity contribution is 9.11. The third-order valence-electron chi connectivity index (χ3n) is 2.77. The molecule has 0 amide bonds. The van der Waals surface area contributed by atoms with E-state index in [2.05, 4.69) is 26.2 Å². The summed E-state index contributed by atoms with van der Waals surface area (Å²) >= 11 is 4.93. The lowest BCUT2D eigenvalue weighted by molar-refractivity contribution is -0.137. The van der Waals surface area contributed by atoms with Crippen molar-refractivity contribution in [3.8, 4) is 0 Å². The summed E-state index contributed by atoms with van der Waals surface area (Å²) in [6, 6.07) is 6.69. The summed E-state index contributed by atoms with van der Waals surface area (Å²) in [5, 5.41) is 2.67. The molecule has 8 heteroatoms. The molecule has 2 aromatic rings. The van der Waals surface area contributed by atoms with Crippen LogP contribution in [0, 0.1) is 0 Å². The van der Waals surface area contributed by atoms with Crippen LogP contribution in [-0.4, -0.2) is 5.96 Å². The molecule has 0 atom stereocenters. The first-order chi connectivity index (χ1) is 10.3. The summed E-state index contributed by atoms with van der Waals surface area (Å²) in [7, 11) is 0. The number of halogens is 4. The minimum atomic E-state index is -4.39. The summed E-state index contributed by atoms with van der Waals surface area (Å²) in [5.41, 5.74) is 5.90. The highest BCUT2D eigenvalue weighted by Gasteiger charge is 2.30. The minimum absolute atomic E-state index is 0.0282. The SMILES string of the molecule is CCc1cc(N=C(N)Nc2cccc(C(F)(F)F)c2)c(Br)s1. The van der Waals surface area contributed by atoms with E-state index < -0.39 is 11.7 Å². The molecule has 1 heterocycles. The van der Waals surface area contributed by atoms with Crippen LogP contribution < -0.4 is 11.1 Å². The number of nitrogens with zero attached hydrogens (tertiary/aromatic N) is 1. The van der Waals surface area contributed by atoms with E-state index in [0.717, 1.165) is 27.2 Å². The first-order valence-electron chi connectivity index (χ1n) is 6.36. The van der Waals surface area contributed by atoms with Crippen LogP contribution in [0.4, 0.5) is 24.5 Å². The molecule has 3 N–H and O–H groups in total. The van der Waals surface area contributed by atoms with Crippen LogP contribution in [0.3, 0.4) is 0 Å². The molecular formula is C14H13BrF3N3S. The van der Waals surface area contributed by atoms with Gasteiger partial charge in [-0.05, 0) is 46.6 Å². The van der Waals surface area contributed by atoms with E-state index in [9.17, 15) is 13.2 Å². The Morgan fingerprint density at radius 2 is 2.09 bits per heavy atom. The van der Waals surface area contributed by atoms with Gasteiger partial charge in [0.15, 0.2) is 5.96 Å². The number of anilines is 1. The molecule has 0 saturated heterocycles. The summed E-state index contributed by atoms with van der Waals surface area (Å²) in [4.78, 5) is 5.32. The monoisotopic (exact) mass is 391 g/mol. The van der Waals surface area contributed by atoms with Crippen molar-refractivity contribution in [2.24, 2.45) is 10.7 Å². The zero-order chi connectivity index (χ0) is 16.3. The van der Waals surface area contributed by atoms with E-state index in [-0.39, 0.29) is 11.6 Å². The first-order valence-corrected chi connectivity index (χ1v) is 7.97. The Hall–Kier alpha value is -1.54. The molecule has 0 aliphatic carbocycles. The fourth-order valence-corrected chi connectivity index (χ4v) is 3.32. The number of aryl methyl sites for hydroxylation is 1. The van der Waals surface area contributed by atoms with Gasteiger partial charge in [0.05, 0.1) is 15.0 Å². The Morgan fingerprint density at radius 1 is 1.36 bits per heavy atom. The molecule has 0 radical (unpaired) electrons. The molecule has 3 nitrogen and oxygen atoms in total. The van der Waals surface area contributed by atoms with Crippen molar-refractivity contribution in [2.45, 2.75) is 19.5 Å². The Kier molecular flexibility index (Phi) is 5.12. The van der Waals surface area contributed by atoms with Gasteiger partial charge in [-0.1, -0.05) is 13.0 Å². The average Bonchev–Trinajstić information content (AvgIpc) is 2.78. The minimum Gasteiger partial charge on any atom is -0.369 e. The molecule has 0 fully saturated rings. The molecule has 0 saturated carbocycles. The van der Waals surface area contributed by atoms with Crippen LogP contribution in [0.5, 0.6) is 0 Å². The lowest BCUT2D eigenvalue weighted by Crippen LogP contribution is -2.22. The van der Waals surface area contributed by atoms with Gasteiger partial charge in [0.1, 0.15) is 0 Å². The van der Waals surface area contributed by atoms with Gasteiger partial charge in [0.2, 0.25) is 0 Å². The van der Waals surface area contributed by atoms with Crippen LogP contribution in [-0.2, 0) is 12.6 Å². The maximum Gasteiger partial charge on any atom is 0.416 e. The molecule has 1 aromatic carbocycles. The van der Waals surface area contributed by atoms with Crippen molar-refractivity contribution in [1.82, 2.24) is 0 Å². The fourth-order valence-electron chi connectivity index (χ4n) is 1.74. The third kappa shape index (κ3) is 4.23. The smallest absolute Gasteiger partial charge is 0.369 e. The Bertz CT molecular complexity index is 695. The molecule has 22 heavy (non-hydrogen) atoms. The average molecular weight is 392 g/mol. The number of rotatable bonds is 3. The number of benzene rings is 1. The van der Waals surface area contributed by atoms with Crippen molar-refractivity contribution in [3.63, 3.8) is 0 Å². The Morgan fingerprint density at radius 3 is 2.68 bits per heavy atom. The van der Waals surface area contributed by atoms with Crippen LogP contribution in [0.2, 0.25) is 0 Å². The van der Waals surface area contributed by atoms with E-state index >= 15 is 0 Å². The van der Waals surface area contributed by atoms with Crippen molar-refractivity contribution < 1.29 is 13.2 Å². The predicted molar refractivity (Wildman–Crippen MR) is 87.7 cm³/mol. The third-order valence-corrected chi connectivity index (χ3v) is 4.72. The topological polar surface area (TPSA) is 50.4 Å². The number of guanidine groups is 1. The number of thiophene rings is 1. The zero-order valence-corrected chi connectivity index (χ0v) is 13.9. The second-order valence-electron chi connectivity index (χ2n) is 4.43. The van der Waals surface area contributed by atoms with Gasteiger partial charge >= 0.3 is 6.18 Å². The second-order valence-corrected chi connectivity index (χ2v) is 6.88. The zero-order valence-electron chi connectivity index (χ0n) is 11.5. The summed E-state index contributed by atoms with van der Waals surface area (Å²) in [5.74, 6) is 0.0282. The second kappa shape index (κ2) is 6.70. The number of alkyl halides is 3. The largest absolute Gasteiger partial charge is 0.416 e. The standard InChI is InChI=1S/C14H13BrF3N3S/c1-2-10-7-11(12(15)22-10)21-13(19)20-9-5-3-4-8(6-9)14(16,17)18/h3-7H,2H2,1H3,(H3,19,20,21). The molecule has 118 valence electrons. The van der Waals surface area contributed by atoms with Crippen LogP contribution in [0.15, 0.2) is 39.1 Å². The van der Waals surface area contributed by atoms with E-state index in [1.807, 2.05) is 13.0 Å². The van der Waals surface area contributed by atoms with Gasteiger partial charge in [0, 0.05) is 10.6 Å². The van der Waals surface area contributed by atoms with Gasteiger partial charge in [-0.15, -0.1) is 11.3 Å². The summed E-state index contributed by atoms with van der Waals surface area (Å²) in [6.07, 6.45) is -3.52. The van der Waals surface area contributed by atoms with E-state index in [0.29, 0.717) is 5.69 Å². The van der Waals surface area contributed by atoms with Gasteiger partial charge in [-0.25, -0.2) is 4.99 Å². The molecule has 0 spiro atoms. The maximum absolute atomic E-state index is 12.7. The predicted octanol–water partition coefficient (Wildman–Crippen LogP) is 5.15. The highest BCUT2D eigenvalue weighted by Crippen LogP contribution is 2.35. The number of nitrogens with two attached hydrogens (primary N) is 1. The molecule has 0 aliphatic heterocycles. The Balaban J connectivity index is 2.19. The molecule has 2 rings (SSSR count). The lowest BCUT2D eigenvalue weighted by atomic mass is 10.2. The molecule has 0 aliphatic rings. The normalized spacial score (nSPS) is 12.5. The maximum atomic E-state index is 12.7. The van der Waals surface area contributed by atoms with Crippen LogP contribution in [0.1, 0.15) is 17.4 Å². The van der Waals surface area contributed by atoms with Gasteiger partial charge in [-0.2, -0.15) is 13.2 Å². The number of nitrogens with one attached hydrogen (secondary N) is 1. The highest BCUT2D eigenvalue weighted by atomic mass is 79.9. The van der Waals surface area contributed by atoms with E-state index in [4.69, 9.17) is 5.73 Å². The van der Waals surface area contributed by atoms with Crippen molar-refractivity contribution in [2.75, 3.05) is 5.32 Å². The summed E-state index contributed by atoms with van der Waals surface area (Å²) in [6.45, 7) is 2.02. The number of hydrogen-bond acceptors (Lipinski definition) is 2. The van der Waals surface area contributed by atoms with Crippen molar-refractivity contribution in [1.29, 1.82) is 0 Å². The Labute approximate surface area is 138 Å². The first kappa shape index (κ1) is 16.8. The fraction of sp³-hybridized carbons (Fsp3) is 0.214. The van der Waals surface area contributed by atoms with Crippen molar-refractivity contribution in [3.05, 3.63) is 44.6 Å². The number of aliphatic imine (C=N–C) groups is 1. The number of hydrogen-bond donors (Lipinski definition) is 2. The lowest BCUT2D eigenvalue weighted by Gasteiger charge is -2.10. The molecule has 1 aromatic heterocycles. The molecule has 0 unspecified atom stereocenters. The van der Waals surface area contributed by atoms with Gasteiger partial charge in [0.25, 0.3) is 0 Å². The molecule has 0 bridgehead atoms. The van der Waals surface area contributed by atoms with E-state index in [1.54, 1.807) is 11.3 Å². The summed E-state index contributed by atoms with van der Waals surface area (Å²) < 4.78 is 38.8. The van der Waals surface area contributed by atoms with Crippen LogP contribution >= 0.6 is 27.3 Å². The van der Waals surface area contributed by atoms with Gasteiger partial charge < -0.3 is 11.1 Å². The quantitative estimate of drug-likeness (QED) is 0.561. The molecular weight excluding hydrogens is 379 g/mol.